The maximum absolute atomic E-state index is 14.6. The highest BCUT2D eigenvalue weighted by Crippen LogP contribution is 2.50. The molecule has 0 bridgehead atoms. The molecule has 0 aromatic heterocycles. The minimum Gasteiger partial charge on any atom is -0.345 e. The number of benzene rings is 1. The standard InChI is InChI=1S/C36H52FN3/c1-9-14-30(21-27(5)12-4)31-16-13-17-33(22-31)40(28(6)32-24-35(7,37)25-32)26-29-18-20-36(23-29,19-11-3)34(15-10-2)39-38-8/h9,13-14,16-17,21-22,29,32H,5-6,8,10-12,15,18-20,23-26H2,1-4,7H3/b14-9-,30-21+,39-34+. The smallest absolute Gasteiger partial charge is 0.109 e. The number of rotatable bonds is 15. The summed E-state index contributed by atoms with van der Waals surface area (Å²) in [6.07, 6.45) is 16.1. The quantitative estimate of drug-likeness (QED) is 0.122. The van der Waals surface area contributed by atoms with E-state index < -0.39 is 5.67 Å². The summed E-state index contributed by atoms with van der Waals surface area (Å²) in [6.45, 7) is 23.7. The molecule has 0 saturated heterocycles. The number of hydrogen-bond donors (Lipinski definition) is 0. The number of hydrogen-bond acceptors (Lipinski definition) is 3. The van der Waals surface area contributed by atoms with Crippen molar-refractivity contribution in [1.29, 1.82) is 0 Å². The van der Waals surface area contributed by atoms with E-state index in [-0.39, 0.29) is 11.3 Å². The second-order valence-corrected chi connectivity index (χ2v) is 12.4. The normalized spacial score (nSPS) is 27.1. The van der Waals surface area contributed by atoms with Crippen LogP contribution in [-0.4, -0.2) is 24.6 Å². The summed E-state index contributed by atoms with van der Waals surface area (Å²) >= 11 is 0. The molecule has 0 amide bonds. The Morgan fingerprint density at radius 1 is 1.15 bits per heavy atom. The highest BCUT2D eigenvalue weighted by Gasteiger charge is 2.45. The fourth-order valence-corrected chi connectivity index (χ4v) is 6.90. The first-order valence-electron chi connectivity index (χ1n) is 15.4. The molecule has 3 rings (SSSR count). The monoisotopic (exact) mass is 545 g/mol. The third-order valence-electron chi connectivity index (χ3n) is 8.98. The molecule has 2 saturated carbocycles. The summed E-state index contributed by atoms with van der Waals surface area (Å²) in [6, 6.07) is 8.75. The maximum atomic E-state index is 14.6. The minimum atomic E-state index is -1.09. The van der Waals surface area contributed by atoms with Crippen LogP contribution in [-0.2, 0) is 0 Å². The molecule has 1 aromatic rings. The van der Waals surface area contributed by atoms with Crippen molar-refractivity contribution in [2.45, 2.75) is 104 Å². The van der Waals surface area contributed by atoms with Crippen LogP contribution in [0.2, 0.25) is 0 Å². The van der Waals surface area contributed by atoms with Crippen molar-refractivity contribution in [3.63, 3.8) is 0 Å². The SMILES string of the molecule is C=N/N=C(\CCC)C1(CCC)CCC(CN(C(=C)C2CC(C)(F)C2)c2cccc(C(/C=C\C)=C/C(=C)CC)c2)C1. The van der Waals surface area contributed by atoms with E-state index in [4.69, 9.17) is 0 Å². The average molecular weight is 546 g/mol. The van der Waals surface area contributed by atoms with Gasteiger partial charge in [-0.05, 0) is 94.4 Å². The third kappa shape index (κ3) is 7.71. The van der Waals surface area contributed by atoms with Crippen molar-refractivity contribution in [1.82, 2.24) is 0 Å². The van der Waals surface area contributed by atoms with Gasteiger partial charge in [0.05, 0.1) is 0 Å². The predicted octanol–water partition coefficient (Wildman–Crippen LogP) is 10.5. The zero-order valence-corrected chi connectivity index (χ0v) is 25.8. The van der Waals surface area contributed by atoms with Gasteiger partial charge in [-0.15, -0.1) is 0 Å². The summed E-state index contributed by atoms with van der Waals surface area (Å²) in [5.74, 6) is 0.675. The topological polar surface area (TPSA) is 28.0 Å². The second kappa shape index (κ2) is 14.2. The summed E-state index contributed by atoms with van der Waals surface area (Å²) in [5.41, 5.74) is 5.84. The van der Waals surface area contributed by atoms with Gasteiger partial charge in [0.25, 0.3) is 0 Å². The first kappa shape index (κ1) is 31.8. The lowest BCUT2D eigenvalue weighted by atomic mass is 9.71. The van der Waals surface area contributed by atoms with Gasteiger partial charge in [-0.25, -0.2) is 4.39 Å². The molecular weight excluding hydrogens is 493 g/mol. The predicted molar refractivity (Wildman–Crippen MR) is 174 cm³/mol. The van der Waals surface area contributed by atoms with Crippen LogP contribution in [0.4, 0.5) is 10.1 Å². The molecule has 4 heteroatoms. The van der Waals surface area contributed by atoms with Crippen LogP contribution < -0.4 is 4.90 Å². The van der Waals surface area contributed by atoms with E-state index in [1.54, 1.807) is 6.92 Å². The fourth-order valence-electron chi connectivity index (χ4n) is 6.90. The van der Waals surface area contributed by atoms with Crippen LogP contribution in [0.25, 0.3) is 5.57 Å². The number of nitrogens with zero attached hydrogens (tertiary/aromatic N) is 3. The van der Waals surface area contributed by atoms with Gasteiger partial charge in [-0.2, -0.15) is 10.2 Å². The molecule has 2 aliphatic rings. The van der Waals surface area contributed by atoms with Gasteiger partial charge in [0.1, 0.15) is 5.67 Å². The fraction of sp³-hybridized carbons (Fsp3) is 0.556. The summed E-state index contributed by atoms with van der Waals surface area (Å²) in [4.78, 5) is 2.40. The van der Waals surface area contributed by atoms with E-state index in [0.717, 1.165) is 86.0 Å². The van der Waals surface area contributed by atoms with Crippen molar-refractivity contribution in [2.24, 2.45) is 27.5 Å². The molecule has 40 heavy (non-hydrogen) atoms. The Morgan fingerprint density at radius 2 is 1.90 bits per heavy atom. The highest BCUT2D eigenvalue weighted by molar-refractivity contribution is 5.90. The van der Waals surface area contributed by atoms with Crippen LogP contribution >= 0.6 is 0 Å². The van der Waals surface area contributed by atoms with Crippen LogP contribution in [0.3, 0.4) is 0 Å². The number of anilines is 1. The van der Waals surface area contributed by atoms with Crippen LogP contribution in [0.15, 0.2) is 77.1 Å². The Labute approximate surface area is 243 Å². The van der Waals surface area contributed by atoms with E-state index in [1.807, 2.05) is 6.92 Å². The molecule has 0 spiro atoms. The molecule has 2 fully saturated rings. The second-order valence-electron chi connectivity index (χ2n) is 12.4. The minimum absolute atomic E-state index is 0.0990. The highest BCUT2D eigenvalue weighted by atomic mass is 19.1. The lowest BCUT2D eigenvalue weighted by molar-refractivity contribution is 0.0414. The van der Waals surface area contributed by atoms with Gasteiger partial charge < -0.3 is 4.90 Å². The first-order valence-corrected chi connectivity index (χ1v) is 15.4. The number of allylic oxidation sites excluding steroid dienone is 6. The van der Waals surface area contributed by atoms with Gasteiger partial charge in [0.2, 0.25) is 0 Å². The Bertz CT molecular complexity index is 1130. The van der Waals surface area contributed by atoms with Crippen molar-refractivity contribution in [3.05, 3.63) is 72.5 Å². The van der Waals surface area contributed by atoms with Gasteiger partial charge in [-0.1, -0.05) is 82.7 Å². The van der Waals surface area contributed by atoms with Crippen LogP contribution in [0, 0.1) is 17.3 Å². The molecule has 2 aliphatic carbocycles. The Hall–Kier alpha value is -2.75. The van der Waals surface area contributed by atoms with Gasteiger partial charge >= 0.3 is 0 Å². The molecule has 2 unspecified atom stereocenters. The number of halogens is 1. The van der Waals surface area contributed by atoms with E-state index in [2.05, 4.69) is 98.2 Å². The third-order valence-corrected chi connectivity index (χ3v) is 8.98. The lowest BCUT2D eigenvalue weighted by Gasteiger charge is -2.44. The van der Waals surface area contributed by atoms with Gasteiger partial charge in [-0.3, -0.25) is 0 Å². The molecule has 1 aromatic carbocycles. The lowest BCUT2D eigenvalue weighted by Crippen LogP contribution is -2.42. The summed E-state index contributed by atoms with van der Waals surface area (Å²) in [5, 5.41) is 8.55. The first-order chi connectivity index (χ1) is 19.1. The van der Waals surface area contributed by atoms with E-state index in [0.29, 0.717) is 18.8 Å². The van der Waals surface area contributed by atoms with Crippen LogP contribution in [0.1, 0.15) is 104 Å². The average Bonchev–Trinajstić information content (AvgIpc) is 3.33. The van der Waals surface area contributed by atoms with Gasteiger partial charge in [0, 0.05) is 41.7 Å². The molecule has 3 nitrogen and oxygen atoms in total. The van der Waals surface area contributed by atoms with Crippen molar-refractivity contribution in [3.8, 4) is 0 Å². The molecule has 0 heterocycles. The molecular formula is C36H52FN3. The molecule has 2 atom stereocenters. The van der Waals surface area contributed by atoms with E-state index >= 15 is 0 Å². The Morgan fingerprint density at radius 3 is 2.50 bits per heavy atom. The largest absolute Gasteiger partial charge is 0.345 e. The van der Waals surface area contributed by atoms with Crippen molar-refractivity contribution < 1.29 is 4.39 Å². The zero-order valence-electron chi connectivity index (χ0n) is 25.8. The number of alkyl halides is 1. The molecule has 218 valence electrons. The molecule has 0 radical (unpaired) electrons. The van der Waals surface area contributed by atoms with Crippen molar-refractivity contribution >= 4 is 23.7 Å². The molecule has 0 N–H and O–H groups in total. The Balaban J connectivity index is 1.96. The summed E-state index contributed by atoms with van der Waals surface area (Å²) in [7, 11) is 0. The van der Waals surface area contributed by atoms with E-state index in [1.165, 1.54) is 5.71 Å². The van der Waals surface area contributed by atoms with Crippen molar-refractivity contribution in [2.75, 3.05) is 11.4 Å². The molecule has 0 aliphatic heterocycles. The zero-order chi connectivity index (χ0) is 29.3. The van der Waals surface area contributed by atoms with Gasteiger partial charge in [0.15, 0.2) is 0 Å². The van der Waals surface area contributed by atoms with E-state index in [9.17, 15) is 4.39 Å². The summed E-state index contributed by atoms with van der Waals surface area (Å²) < 4.78 is 14.6. The maximum Gasteiger partial charge on any atom is 0.109 e. The Kier molecular flexibility index (Phi) is 11.3. The van der Waals surface area contributed by atoms with Crippen LogP contribution in [0.5, 0.6) is 0 Å².